The van der Waals surface area contributed by atoms with Gasteiger partial charge in [0.05, 0.1) is 11.9 Å². The van der Waals surface area contributed by atoms with Crippen LogP contribution in [-0.2, 0) is 19.4 Å². The minimum Gasteiger partial charge on any atom is -0.362 e. The van der Waals surface area contributed by atoms with Crippen LogP contribution in [0, 0.1) is 0 Å². The topological polar surface area (TPSA) is 68.5 Å². The lowest BCUT2D eigenvalue weighted by atomic mass is 9.97. The SMILES string of the molecule is CC(C)n1cnnc1CNc1nc(-c2ccsc2)nc2sc3c(c12)CCCC3. The summed E-state index contributed by atoms with van der Waals surface area (Å²) in [4.78, 5) is 12.4. The lowest BCUT2D eigenvalue weighted by Gasteiger charge is -2.14. The van der Waals surface area contributed by atoms with E-state index in [2.05, 4.69) is 50.8 Å². The van der Waals surface area contributed by atoms with Gasteiger partial charge in [0.25, 0.3) is 0 Å². The van der Waals surface area contributed by atoms with Gasteiger partial charge in [-0.2, -0.15) is 11.3 Å². The molecule has 0 saturated heterocycles. The Morgan fingerprint density at radius 2 is 2.11 bits per heavy atom. The predicted octanol–water partition coefficient (Wildman–Crippen LogP) is 5.08. The molecule has 0 atom stereocenters. The highest BCUT2D eigenvalue weighted by Gasteiger charge is 2.22. The van der Waals surface area contributed by atoms with Crippen LogP contribution in [0.2, 0.25) is 0 Å². The second-order valence-corrected chi connectivity index (χ2v) is 9.26. The number of fused-ring (bicyclic) bond motifs is 3. The molecule has 1 aliphatic carbocycles. The Balaban J connectivity index is 1.59. The van der Waals surface area contributed by atoms with Gasteiger partial charge in [-0.1, -0.05) is 0 Å². The number of hydrogen-bond donors (Lipinski definition) is 1. The Kier molecular flexibility index (Phi) is 4.60. The average molecular weight is 411 g/mol. The third kappa shape index (κ3) is 3.10. The second kappa shape index (κ2) is 7.25. The smallest absolute Gasteiger partial charge is 0.163 e. The van der Waals surface area contributed by atoms with Crippen LogP contribution in [0.4, 0.5) is 5.82 Å². The van der Waals surface area contributed by atoms with Gasteiger partial charge in [-0.05, 0) is 56.5 Å². The molecule has 144 valence electrons. The minimum absolute atomic E-state index is 0.326. The molecule has 0 aliphatic heterocycles. The zero-order valence-corrected chi connectivity index (χ0v) is 17.6. The number of anilines is 1. The van der Waals surface area contributed by atoms with E-state index in [1.165, 1.54) is 28.7 Å². The van der Waals surface area contributed by atoms with Crippen molar-refractivity contribution in [2.75, 3.05) is 5.32 Å². The molecule has 0 fully saturated rings. The molecular formula is C20H22N6S2. The van der Waals surface area contributed by atoms with Crippen molar-refractivity contribution >= 4 is 38.7 Å². The highest BCUT2D eigenvalue weighted by molar-refractivity contribution is 7.19. The maximum Gasteiger partial charge on any atom is 0.163 e. The Labute approximate surface area is 171 Å². The van der Waals surface area contributed by atoms with E-state index in [1.807, 2.05) is 11.3 Å². The monoisotopic (exact) mass is 410 g/mol. The number of hydrogen-bond acceptors (Lipinski definition) is 7. The van der Waals surface area contributed by atoms with Gasteiger partial charge in [-0.25, -0.2) is 9.97 Å². The molecule has 0 spiro atoms. The van der Waals surface area contributed by atoms with Crippen molar-refractivity contribution in [2.45, 2.75) is 52.1 Å². The van der Waals surface area contributed by atoms with E-state index in [1.54, 1.807) is 17.7 Å². The molecule has 0 unspecified atom stereocenters. The summed E-state index contributed by atoms with van der Waals surface area (Å²) in [5.41, 5.74) is 2.52. The van der Waals surface area contributed by atoms with Crippen LogP contribution < -0.4 is 5.32 Å². The number of aromatic nitrogens is 5. The third-order valence-corrected chi connectivity index (χ3v) is 7.08. The minimum atomic E-state index is 0.326. The molecule has 4 heterocycles. The number of nitrogens with one attached hydrogen (secondary N) is 1. The van der Waals surface area contributed by atoms with E-state index in [-0.39, 0.29) is 0 Å². The van der Waals surface area contributed by atoms with Gasteiger partial charge in [0, 0.05) is 21.9 Å². The summed E-state index contributed by atoms with van der Waals surface area (Å²) >= 11 is 3.51. The van der Waals surface area contributed by atoms with Gasteiger partial charge >= 0.3 is 0 Å². The van der Waals surface area contributed by atoms with E-state index in [9.17, 15) is 0 Å². The van der Waals surface area contributed by atoms with Crippen LogP contribution in [0.25, 0.3) is 21.6 Å². The normalized spacial score (nSPS) is 14.0. The highest BCUT2D eigenvalue weighted by atomic mass is 32.1. The van der Waals surface area contributed by atoms with Crippen LogP contribution in [0.15, 0.2) is 23.2 Å². The molecule has 0 amide bonds. The molecule has 1 N–H and O–H groups in total. The number of rotatable bonds is 5. The molecule has 28 heavy (non-hydrogen) atoms. The van der Waals surface area contributed by atoms with Gasteiger partial charge in [-0.15, -0.1) is 21.5 Å². The molecule has 6 nitrogen and oxygen atoms in total. The maximum absolute atomic E-state index is 4.93. The maximum atomic E-state index is 4.93. The summed E-state index contributed by atoms with van der Waals surface area (Å²) in [6.07, 6.45) is 6.58. The molecule has 0 bridgehead atoms. The largest absolute Gasteiger partial charge is 0.362 e. The first-order valence-electron chi connectivity index (χ1n) is 9.68. The van der Waals surface area contributed by atoms with Crippen molar-refractivity contribution in [1.82, 2.24) is 24.7 Å². The van der Waals surface area contributed by atoms with Crippen molar-refractivity contribution in [3.63, 3.8) is 0 Å². The molecule has 5 rings (SSSR count). The van der Waals surface area contributed by atoms with Crippen molar-refractivity contribution in [3.05, 3.63) is 39.4 Å². The summed E-state index contributed by atoms with van der Waals surface area (Å²) < 4.78 is 2.09. The van der Waals surface area contributed by atoms with Crippen LogP contribution in [0.5, 0.6) is 0 Å². The van der Waals surface area contributed by atoms with Crippen LogP contribution in [0.3, 0.4) is 0 Å². The Morgan fingerprint density at radius 3 is 2.93 bits per heavy atom. The second-order valence-electron chi connectivity index (χ2n) is 7.40. The van der Waals surface area contributed by atoms with E-state index in [4.69, 9.17) is 9.97 Å². The first-order valence-corrected chi connectivity index (χ1v) is 11.4. The zero-order chi connectivity index (χ0) is 19.1. The van der Waals surface area contributed by atoms with Gasteiger partial charge in [0.15, 0.2) is 11.6 Å². The molecule has 0 aromatic carbocycles. The van der Waals surface area contributed by atoms with Gasteiger partial charge < -0.3 is 9.88 Å². The van der Waals surface area contributed by atoms with E-state index < -0.39 is 0 Å². The molecule has 4 aromatic heterocycles. The summed E-state index contributed by atoms with van der Waals surface area (Å²) in [7, 11) is 0. The summed E-state index contributed by atoms with van der Waals surface area (Å²) in [5, 5.41) is 17.3. The molecule has 4 aromatic rings. The zero-order valence-electron chi connectivity index (χ0n) is 16.0. The quantitative estimate of drug-likeness (QED) is 0.497. The van der Waals surface area contributed by atoms with Gasteiger partial charge in [0.2, 0.25) is 0 Å². The predicted molar refractivity (Wildman–Crippen MR) is 115 cm³/mol. The van der Waals surface area contributed by atoms with E-state index in [0.29, 0.717) is 12.6 Å². The number of aryl methyl sites for hydroxylation is 2. The molecule has 8 heteroatoms. The standard InChI is InChI=1S/C20H22N6S2/c1-12(2)26-11-22-25-16(26)9-21-19-17-14-5-3-4-6-15(14)28-20(17)24-18(23-19)13-7-8-27-10-13/h7-8,10-12H,3-6,9H2,1-2H3,(H,21,23,24). The lowest BCUT2D eigenvalue weighted by molar-refractivity contribution is 0.572. The van der Waals surface area contributed by atoms with Crippen LogP contribution in [-0.4, -0.2) is 24.7 Å². The van der Waals surface area contributed by atoms with Crippen molar-refractivity contribution in [1.29, 1.82) is 0 Å². The first-order chi connectivity index (χ1) is 13.7. The van der Waals surface area contributed by atoms with Gasteiger partial charge in [-0.3, -0.25) is 0 Å². The van der Waals surface area contributed by atoms with Gasteiger partial charge in [0.1, 0.15) is 17.0 Å². The Hall–Kier alpha value is -2.32. The van der Waals surface area contributed by atoms with Crippen molar-refractivity contribution < 1.29 is 0 Å². The Morgan fingerprint density at radius 1 is 1.21 bits per heavy atom. The van der Waals surface area contributed by atoms with Crippen LogP contribution in [0.1, 0.15) is 49.0 Å². The van der Waals surface area contributed by atoms with E-state index >= 15 is 0 Å². The summed E-state index contributed by atoms with van der Waals surface area (Å²) in [6, 6.07) is 2.41. The fraction of sp³-hybridized carbons (Fsp3) is 0.400. The first kappa shape index (κ1) is 17.8. The third-order valence-electron chi connectivity index (χ3n) is 5.21. The fourth-order valence-corrected chi connectivity index (χ4v) is 5.69. The van der Waals surface area contributed by atoms with Crippen molar-refractivity contribution in [2.24, 2.45) is 0 Å². The molecular weight excluding hydrogens is 388 g/mol. The van der Waals surface area contributed by atoms with E-state index in [0.717, 1.165) is 40.7 Å². The lowest BCUT2D eigenvalue weighted by Crippen LogP contribution is -2.11. The molecule has 0 saturated carbocycles. The fourth-order valence-electron chi connectivity index (χ4n) is 3.79. The van der Waals surface area contributed by atoms with Crippen LogP contribution >= 0.6 is 22.7 Å². The van der Waals surface area contributed by atoms with Crippen molar-refractivity contribution in [3.8, 4) is 11.4 Å². The Bertz CT molecular complexity index is 1110. The number of thiophene rings is 2. The molecule has 0 radical (unpaired) electrons. The summed E-state index contributed by atoms with van der Waals surface area (Å²) in [6.45, 7) is 4.87. The average Bonchev–Trinajstić information content (AvgIpc) is 3.44. The summed E-state index contributed by atoms with van der Waals surface area (Å²) in [5.74, 6) is 2.63. The molecule has 1 aliphatic rings. The number of nitrogens with zero attached hydrogens (tertiary/aromatic N) is 5. The highest BCUT2D eigenvalue weighted by Crippen LogP contribution is 2.39.